The first-order valence-corrected chi connectivity index (χ1v) is 9.60. The molecular weight excluding hydrogens is 373 g/mol. The minimum atomic E-state index is -0.995. The van der Waals surface area contributed by atoms with E-state index in [9.17, 15) is 14.4 Å². The SMILES string of the molecule is N#CC(Cc1ccc2c(c1)OCc1cc(F)ccc1-2)NC(=O)C1(N)CCOCC1. The van der Waals surface area contributed by atoms with E-state index in [0.717, 1.165) is 22.3 Å². The van der Waals surface area contributed by atoms with Crippen LogP contribution < -0.4 is 15.8 Å². The maximum atomic E-state index is 13.4. The molecule has 2 aromatic rings. The van der Waals surface area contributed by atoms with Crippen LogP contribution in [0.5, 0.6) is 5.75 Å². The third-order valence-electron chi connectivity index (χ3n) is 5.52. The number of carbonyl (C=O) groups excluding carboxylic acids is 1. The Labute approximate surface area is 168 Å². The molecule has 2 aliphatic rings. The standard InChI is InChI=1S/C22H22FN3O3/c23-16-2-4-18-15(11-16)13-29-20-10-14(1-3-19(18)20)9-17(12-24)26-21(27)22(25)5-7-28-8-6-22/h1-4,10-11,17H,5-9,13,25H2,(H,26,27). The summed E-state index contributed by atoms with van der Waals surface area (Å²) < 4.78 is 24.5. The minimum absolute atomic E-state index is 0.290. The molecule has 7 heteroatoms. The molecule has 0 bridgehead atoms. The van der Waals surface area contributed by atoms with E-state index in [4.69, 9.17) is 15.2 Å². The molecule has 0 aliphatic carbocycles. The summed E-state index contributed by atoms with van der Waals surface area (Å²) >= 11 is 0. The van der Waals surface area contributed by atoms with Gasteiger partial charge in [-0.15, -0.1) is 0 Å². The number of halogens is 1. The van der Waals surface area contributed by atoms with Crippen molar-refractivity contribution < 1.29 is 18.7 Å². The van der Waals surface area contributed by atoms with Gasteiger partial charge in [-0.2, -0.15) is 5.26 Å². The molecule has 1 unspecified atom stereocenters. The van der Waals surface area contributed by atoms with E-state index in [0.29, 0.717) is 44.8 Å². The van der Waals surface area contributed by atoms with Gasteiger partial charge in [-0.1, -0.05) is 18.2 Å². The minimum Gasteiger partial charge on any atom is -0.488 e. The highest BCUT2D eigenvalue weighted by Gasteiger charge is 2.36. The molecule has 4 rings (SSSR count). The number of amides is 1. The fourth-order valence-electron chi connectivity index (χ4n) is 3.76. The van der Waals surface area contributed by atoms with Crippen LogP contribution in [0.2, 0.25) is 0 Å². The lowest BCUT2D eigenvalue weighted by Gasteiger charge is -2.32. The van der Waals surface area contributed by atoms with Crippen LogP contribution in [0.1, 0.15) is 24.0 Å². The first-order chi connectivity index (χ1) is 14.0. The Bertz CT molecular complexity index is 980. The van der Waals surface area contributed by atoms with Crippen molar-refractivity contribution in [2.45, 2.75) is 37.5 Å². The van der Waals surface area contributed by atoms with Crippen molar-refractivity contribution in [3.8, 4) is 22.9 Å². The van der Waals surface area contributed by atoms with Gasteiger partial charge in [0.25, 0.3) is 0 Å². The van der Waals surface area contributed by atoms with Crippen LogP contribution in [0.3, 0.4) is 0 Å². The third-order valence-corrected chi connectivity index (χ3v) is 5.52. The summed E-state index contributed by atoms with van der Waals surface area (Å²) in [5, 5.41) is 12.3. The summed E-state index contributed by atoms with van der Waals surface area (Å²) in [6.45, 7) is 1.17. The monoisotopic (exact) mass is 395 g/mol. The number of nitrogens with zero attached hydrogens (tertiary/aromatic N) is 1. The van der Waals surface area contributed by atoms with Gasteiger partial charge in [0.2, 0.25) is 5.91 Å². The van der Waals surface area contributed by atoms with E-state index in [2.05, 4.69) is 11.4 Å². The molecule has 1 atom stereocenters. The number of benzene rings is 2. The molecule has 1 amide bonds. The van der Waals surface area contributed by atoms with Crippen molar-refractivity contribution in [2.24, 2.45) is 5.73 Å². The highest BCUT2D eigenvalue weighted by atomic mass is 19.1. The Morgan fingerprint density at radius 1 is 1.24 bits per heavy atom. The maximum Gasteiger partial charge on any atom is 0.241 e. The van der Waals surface area contributed by atoms with Gasteiger partial charge < -0.3 is 20.5 Å². The summed E-state index contributed by atoms with van der Waals surface area (Å²) in [7, 11) is 0. The van der Waals surface area contributed by atoms with E-state index >= 15 is 0 Å². The number of carbonyl (C=O) groups is 1. The molecule has 6 nitrogen and oxygen atoms in total. The van der Waals surface area contributed by atoms with Gasteiger partial charge in [0, 0.05) is 30.8 Å². The Morgan fingerprint density at radius 3 is 2.76 bits per heavy atom. The van der Waals surface area contributed by atoms with E-state index in [1.807, 2.05) is 18.2 Å². The fraction of sp³-hybridized carbons (Fsp3) is 0.364. The second-order valence-electron chi connectivity index (χ2n) is 7.55. The Morgan fingerprint density at radius 2 is 2.00 bits per heavy atom. The average molecular weight is 395 g/mol. The molecule has 2 aromatic carbocycles. The van der Waals surface area contributed by atoms with Gasteiger partial charge in [-0.25, -0.2) is 4.39 Å². The predicted octanol–water partition coefficient (Wildman–Crippen LogP) is 2.44. The van der Waals surface area contributed by atoms with Crippen LogP contribution in [-0.4, -0.2) is 30.7 Å². The van der Waals surface area contributed by atoms with E-state index in [1.54, 1.807) is 6.07 Å². The summed E-state index contributed by atoms with van der Waals surface area (Å²) in [6, 6.07) is 11.8. The number of nitrogens with one attached hydrogen (secondary N) is 1. The molecule has 0 saturated carbocycles. The predicted molar refractivity (Wildman–Crippen MR) is 104 cm³/mol. The van der Waals surface area contributed by atoms with Crippen molar-refractivity contribution >= 4 is 5.91 Å². The van der Waals surface area contributed by atoms with Crippen LogP contribution in [0.25, 0.3) is 11.1 Å². The maximum absolute atomic E-state index is 13.4. The summed E-state index contributed by atoms with van der Waals surface area (Å²) in [6.07, 6.45) is 1.20. The zero-order valence-corrected chi connectivity index (χ0v) is 15.9. The number of rotatable bonds is 4. The van der Waals surface area contributed by atoms with Crippen LogP contribution >= 0.6 is 0 Å². The van der Waals surface area contributed by atoms with Crippen LogP contribution in [-0.2, 0) is 22.6 Å². The molecule has 0 aromatic heterocycles. The normalized spacial score (nSPS) is 17.8. The Balaban J connectivity index is 1.49. The molecule has 0 radical (unpaired) electrons. The van der Waals surface area contributed by atoms with Gasteiger partial charge in [0.05, 0.1) is 11.6 Å². The van der Waals surface area contributed by atoms with Crippen molar-refractivity contribution in [1.29, 1.82) is 5.26 Å². The molecule has 0 spiro atoms. The molecule has 1 saturated heterocycles. The van der Waals surface area contributed by atoms with Crippen molar-refractivity contribution in [2.75, 3.05) is 13.2 Å². The lowest BCUT2D eigenvalue weighted by Crippen LogP contribution is -2.58. The van der Waals surface area contributed by atoms with Gasteiger partial charge in [-0.3, -0.25) is 4.79 Å². The van der Waals surface area contributed by atoms with Crippen LogP contribution in [0.4, 0.5) is 4.39 Å². The smallest absolute Gasteiger partial charge is 0.241 e. The highest BCUT2D eigenvalue weighted by molar-refractivity contribution is 5.86. The number of hydrogen-bond acceptors (Lipinski definition) is 5. The van der Waals surface area contributed by atoms with Gasteiger partial charge in [0.1, 0.15) is 24.2 Å². The van der Waals surface area contributed by atoms with Crippen LogP contribution in [0.15, 0.2) is 36.4 Å². The second kappa shape index (κ2) is 7.82. The first-order valence-electron chi connectivity index (χ1n) is 9.60. The number of ether oxygens (including phenoxy) is 2. The second-order valence-corrected chi connectivity index (χ2v) is 7.55. The highest BCUT2D eigenvalue weighted by Crippen LogP contribution is 2.38. The zero-order chi connectivity index (χ0) is 20.4. The Hall–Kier alpha value is -2.95. The summed E-state index contributed by atoms with van der Waals surface area (Å²) in [4.78, 5) is 12.6. The molecule has 1 fully saturated rings. The van der Waals surface area contributed by atoms with Crippen molar-refractivity contribution in [3.63, 3.8) is 0 Å². The first kappa shape index (κ1) is 19.4. The summed E-state index contributed by atoms with van der Waals surface area (Å²) in [5.74, 6) is 0.0732. The lowest BCUT2D eigenvalue weighted by atomic mass is 9.89. The van der Waals surface area contributed by atoms with Crippen LogP contribution in [0, 0.1) is 17.1 Å². The van der Waals surface area contributed by atoms with Gasteiger partial charge in [-0.05, 0) is 42.2 Å². The van der Waals surface area contributed by atoms with Gasteiger partial charge in [0.15, 0.2) is 0 Å². The molecule has 2 aliphatic heterocycles. The molecule has 3 N–H and O–H groups in total. The number of fused-ring (bicyclic) bond motifs is 3. The van der Waals surface area contributed by atoms with E-state index in [1.165, 1.54) is 12.1 Å². The van der Waals surface area contributed by atoms with Crippen molar-refractivity contribution in [1.82, 2.24) is 5.32 Å². The Kier molecular flexibility index (Phi) is 5.22. The largest absolute Gasteiger partial charge is 0.488 e. The average Bonchev–Trinajstić information content (AvgIpc) is 2.73. The number of nitriles is 1. The third kappa shape index (κ3) is 3.95. The summed E-state index contributed by atoms with van der Waals surface area (Å²) in [5.41, 5.74) is 8.69. The quantitative estimate of drug-likeness (QED) is 0.829. The number of hydrogen-bond donors (Lipinski definition) is 2. The van der Waals surface area contributed by atoms with Gasteiger partial charge >= 0.3 is 0 Å². The molecule has 2 heterocycles. The van der Waals surface area contributed by atoms with E-state index < -0.39 is 11.6 Å². The van der Waals surface area contributed by atoms with E-state index in [-0.39, 0.29) is 11.7 Å². The molecule has 29 heavy (non-hydrogen) atoms. The molecule has 150 valence electrons. The number of nitrogens with two attached hydrogens (primary N) is 1. The molecular formula is C22H22FN3O3. The fourth-order valence-corrected chi connectivity index (χ4v) is 3.76. The van der Waals surface area contributed by atoms with Crippen molar-refractivity contribution in [3.05, 3.63) is 53.3 Å². The lowest BCUT2D eigenvalue weighted by molar-refractivity contribution is -0.130. The zero-order valence-electron chi connectivity index (χ0n) is 15.9. The topological polar surface area (TPSA) is 97.4 Å².